The van der Waals surface area contributed by atoms with Crippen LogP contribution in [0.3, 0.4) is 0 Å². The van der Waals surface area contributed by atoms with Gasteiger partial charge in [0.2, 0.25) is 0 Å². The van der Waals surface area contributed by atoms with Crippen LogP contribution in [-0.2, 0) is 0 Å². The van der Waals surface area contributed by atoms with Crippen LogP contribution in [0.25, 0.3) is 0 Å². The van der Waals surface area contributed by atoms with Crippen LogP contribution in [-0.4, -0.2) is 9.55 Å². The summed E-state index contributed by atoms with van der Waals surface area (Å²) in [6.07, 6.45) is 0. The molecule has 0 aliphatic carbocycles. The molecule has 0 saturated heterocycles. The Morgan fingerprint density at radius 2 is 0.556 bits per heavy atom. The van der Waals surface area contributed by atoms with Gasteiger partial charge in [0.25, 0.3) is 0 Å². The summed E-state index contributed by atoms with van der Waals surface area (Å²) in [6.45, 7) is 0. The van der Waals surface area contributed by atoms with Gasteiger partial charge in [0, 0.05) is 0 Å². The first-order chi connectivity index (χ1) is 2.00. The zero-order chi connectivity index (χ0) is 4.50. The average Bonchev–Trinajstić information content (AvgIpc) is 0.722. The van der Waals surface area contributed by atoms with Gasteiger partial charge in [0.1, 0.15) is 0 Å². The summed E-state index contributed by atoms with van der Waals surface area (Å²) in [5, 5.41) is 0. The minimum atomic E-state index is -3.11. The van der Waals surface area contributed by atoms with E-state index in [0.29, 0.717) is 0 Å². The maximum atomic E-state index is 5.01. The molecule has 0 heterocycles. The Morgan fingerprint density at radius 1 is 0.556 bits per heavy atom. The van der Waals surface area contributed by atoms with Crippen molar-refractivity contribution in [3.8, 4) is 0 Å². The van der Waals surface area contributed by atoms with Gasteiger partial charge >= 0.3 is 49.6 Å². The molecule has 0 aromatic rings. The number of hydrogen-bond donors (Lipinski definition) is 0. The summed E-state index contributed by atoms with van der Waals surface area (Å²) in [7, 11) is 16.9. The SMILES string of the molecule is Br.Br.Br.Br.[Cl][Ge]([Cl])([Cl])[Cl]. The third-order valence-electron chi connectivity index (χ3n) is 0. The van der Waals surface area contributed by atoms with Gasteiger partial charge in [-0.25, -0.2) is 0 Å². The molecule has 0 spiro atoms. The van der Waals surface area contributed by atoms with Crippen molar-refractivity contribution >= 4 is 118 Å². The molecule has 9 heavy (non-hydrogen) atoms. The summed E-state index contributed by atoms with van der Waals surface area (Å²) < 4.78 is 0. The van der Waals surface area contributed by atoms with E-state index in [-0.39, 0.29) is 67.9 Å². The quantitative estimate of drug-likeness (QED) is 0.393. The molecule has 0 bridgehead atoms. The predicted octanol–water partition coefficient (Wildman–Crippen LogP) is 4.69. The molecule has 0 N–H and O–H groups in total. The zero-order valence-electron chi connectivity index (χ0n) is 3.64. The zero-order valence-corrected chi connectivity index (χ0v) is 15.6. The fourth-order valence-electron chi connectivity index (χ4n) is 0. The first kappa shape index (κ1) is 29.3. The molecule has 0 rings (SSSR count). The van der Waals surface area contributed by atoms with Crippen molar-refractivity contribution in [2.75, 3.05) is 0 Å². The normalized spacial score (nSPS) is 6.67. The minimum absolute atomic E-state index is 0. The summed E-state index contributed by atoms with van der Waals surface area (Å²) in [5.41, 5.74) is 0. The second-order valence-electron chi connectivity index (χ2n) is 0.429. The van der Waals surface area contributed by atoms with E-state index in [0.717, 1.165) is 0 Å². The van der Waals surface area contributed by atoms with Crippen molar-refractivity contribution in [1.29, 1.82) is 0 Å². The molecular formula is H4Br4Cl4Ge. The summed E-state index contributed by atoms with van der Waals surface area (Å²) in [4.78, 5) is 0. The molecule has 0 unspecified atom stereocenters. The van der Waals surface area contributed by atoms with Crippen LogP contribution < -0.4 is 0 Å². The van der Waals surface area contributed by atoms with E-state index in [1.807, 2.05) is 0 Å². The molecule has 0 atom stereocenters. The summed E-state index contributed by atoms with van der Waals surface area (Å²) in [6, 6.07) is 0. The van der Waals surface area contributed by atoms with E-state index in [4.69, 9.17) is 40.0 Å². The van der Waals surface area contributed by atoms with Gasteiger partial charge in [-0.15, -0.1) is 67.9 Å². The third-order valence-corrected chi connectivity index (χ3v) is 0. The molecule has 0 aliphatic rings. The Bertz CT molecular complexity index is 28.0. The van der Waals surface area contributed by atoms with Gasteiger partial charge in [0.15, 0.2) is 0 Å². The molecule has 9 heteroatoms. The molecule has 0 aliphatic heterocycles. The van der Waals surface area contributed by atoms with Crippen LogP contribution in [0.5, 0.6) is 0 Å². The summed E-state index contributed by atoms with van der Waals surface area (Å²) in [5.74, 6) is 0. The molecule has 0 nitrogen and oxygen atoms in total. The molecule has 0 aromatic heterocycles. The van der Waals surface area contributed by atoms with Crippen LogP contribution in [0.1, 0.15) is 0 Å². The molecule has 0 aromatic carbocycles. The van der Waals surface area contributed by atoms with Crippen LogP contribution >= 0.6 is 108 Å². The second-order valence-corrected chi connectivity index (χ2v) is 20.0. The van der Waals surface area contributed by atoms with Crippen molar-refractivity contribution in [1.82, 2.24) is 0 Å². The molecule has 0 fully saturated rings. The fourth-order valence-corrected chi connectivity index (χ4v) is 0. The number of rotatable bonds is 0. The van der Waals surface area contributed by atoms with Gasteiger partial charge in [-0.2, -0.15) is 0 Å². The standard InChI is InChI=1S/4BrH.Cl4Ge/c;;;;1-5(2,3)4/h4*1H;. The van der Waals surface area contributed by atoms with Gasteiger partial charge in [0.05, 0.1) is 0 Å². The number of halogens is 8. The van der Waals surface area contributed by atoms with Gasteiger partial charge in [-0.1, -0.05) is 0 Å². The molecule has 0 amide bonds. The van der Waals surface area contributed by atoms with Crippen LogP contribution in [0.15, 0.2) is 0 Å². The van der Waals surface area contributed by atoms with E-state index in [1.165, 1.54) is 0 Å². The Hall–Kier alpha value is 3.62. The Labute approximate surface area is 115 Å². The van der Waals surface area contributed by atoms with Gasteiger partial charge in [-0.3, -0.25) is 0 Å². The van der Waals surface area contributed by atoms with E-state index < -0.39 is 9.55 Å². The number of hydrogen-bond acceptors (Lipinski definition) is 0. The van der Waals surface area contributed by atoms with Gasteiger partial charge in [-0.05, 0) is 0 Å². The molecule has 64 valence electrons. The average molecular weight is 538 g/mol. The third kappa shape index (κ3) is 82.0. The molecule has 0 saturated carbocycles. The Balaban J connectivity index is -0.0000000133. The first-order valence-electron chi connectivity index (χ1n) is 0.756. The maximum absolute atomic E-state index is 5.01. The van der Waals surface area contributed by atoms with Crippen molar-refractivity contribution in [3.63, 3.8) is 0 Å². The second kappa shape index (κ2) is 14.2. The van der Waals surface area contributed by atoms with Crippen molar-refractivity contribution < 1.29 is 0 Å². The van der Waals surface area contributed by atoms with Crippen LogP contribution in [0, 0.1) is 0 Å². The molecular weight excluding hydrogens is 534 g/mol. The van der Waals surface area contributed by atoms with Crippen molar-refractivity contribution in [2.45, 2.75) is 0 Å². The summed E-state index contributed by atoms with van der Waals surface area (Å²) >= 11 is 0. The predicted molar refractivity (Wildman–Crippen MR) is 70.5 cm³/mol. The van der Waals surface area contributed by atoms with Crippen molar-refractivity contribution in [3.05, 3.63) is 0 Å². The fraction of sp³-hybridized carbons (Fsp3) is 0. The molecule has 0 radical (unpaired) electrons. The van der Waals surface area contributed by atoms with Crippen LogP contribution in [0.4, 0.5) is 0 Å². The monoisotopic (exact) mass is 534 g/mol. The van der Waals surface area contributed by atoms with Crippen molar-refractivity contribution in [2.24, 2.45) is 0 Å². The van der Waals surface area contributed by atoms with Crippen LogP contribution in [0.2, 0.25) is 0 Å². The Morgan fingerprint density at radius 3 is 0.556 bits per heavy atom. The van der Waals surface area contributed by atoms with E-state index in [1.54, 1.807) is 0 Å². The van der Waals surface area contributed by atoms with E-state index in [2.05, 4.69) is 0 Å². The van der Waals surface area contributed by atoms with E-state index >= 15 is 0 Å². The van der Waals surface area contributed by atoms with E-state index in [9.17, 15) is 0 Å². The topological polar surface area (TPSA) is 0 Å². The first-order valence-corrected chi connectivity index (χ1v) is 11.8. The Kier molecular flexibility index (Phi) is 46.2. The van der Waals surface area contributed by atoms with Gasteiger partial charge < -0.3 is 0 Å².